The first kappa shape index (κ1) is 20.1. The molecule has 0 N–H and O–H groups in total. The smallest absolute Gasteiger partial charge is 0.336 e. The molecule has 0 atom stereocenters. The maximum absolute atomic E-state index is 12.6. The molecule has 30 heavy (non-hydrogen) atoms. The standard InChI is InChI=1S/C19H23N7O4/c1-24-17(27)15-16(26(19(24)28)13-14-4-2-5-20-12-14)22-23-18(21-15)30-9-3-6-25-7-10-29-11-8-25/h2,4-5,12H,3,6-11,13H2,1H3. The third-order valence-electron chi connectivity index (χ3n) is 4.95. The molecule has 0 unspecified atom stereocenters. The van der Waals surface area contributed by atoms with Crippen LogP contribution in [0.2, 0.25) is 0 Å². The highest BCUT2D eigenvalue weighted by Gasteiger charge is 2.16. The van der Waals surface area contributed by atoms with Gasteiger partial charge in [0.15, 0.2) is 11.2 Å². The Morgan fingerprint density at radius 3 is 2.80 bits per heavy atom. The summed E-state index contributed by atoms with van der Waals surface area (Å²) in [6, 6.07) is 3.63. The molecule has 158 valence electrons. The van der Waals surface area contributed by atoms with E-state index in [0.717, 1.165) is 49.4 Å². The van der Waals surface area contributed by atoms with E-state index in [4.69, 9.17) is 9.47 Å². The molecule has 1 aliphatic rings. The molecule has 0 saturated carbocycles. The SMILES string of the molecule is Cn1c(=O)c2nc(OCCCN3CCOCC3)nnc2n(Cc2cccnc2)c1=O. The van der Waals surface area contributed by atoms with Gasteiger partial charge in [0.1, 0.15) is 0 Å². The maximum Gasteiger partial charge on any atom is 0.336 e. The molecule has 1 aliphatic heterocycles. The number of hydrogen-bond acceptors (Lipinski definition) is 9. The lowest BCUT2D eigenvalue weighted by Crippen LogP contribution is -2.39. The van der Waals surface area contributed by atoms with Crippen LogP contribution in [0.25, 0.3) is 11.2 Å². The monoisotopic (exact) mass is 413 g/mol. The largest absolute Gasteiger partial charge is 0.462 e. The third-order valence-corrected chi connectivity index (χ3v) is 4.95. The Balaban J connectivity index is 1.53. The van der Waals surface area contributed by atoms with E-state index in [1.54, 1.807) is 18.5 Å². The normalized spacial score (nSPS) is 14.8. The molecule has 0 aliphatic carbocycles. The van der Waals surface area contributed by atoms with Gasteiger partial charge in [0.2, 0.25) is 0 Å². The van der Waals surface area contributed by atoms with Crippen LogP contribution in [-0.2, 0) is 18.3 Å². The average Bonchev–Trinajstić information content (AvgIpc) is 2.79. The highest BCUT2D eigenvalue weighted by Crippen LogP contribution is 2.09. The Labute approximate surface area is 171 Å². The number of rotatable bonds is 7. The van der Waals surface area contributed by atoms with Crippen LogP contribution in [0.15, 0.2) is 34.1 Å². The fourth-order valence-electron chi connectivity index (χ4n) is 3.30. The third kappa shape index (κ3) is 4.36. The number of hydrogen-bond donors (Lipinski definition) is 0. The van der Waals surface area contributed by atoms with Crippen molar-refractivity contribution in [3.8, 4) is 6.01 Å². The molecule has 0 radical (unpaired) electrons. The second-order valence-electron chi connectivity index (χ2n) is 7.02. The number of ether oxygens (including phenoxy) is 2. The molecule has 4 heterocycles. The van der Waals surface area contributed by atoms with Crippen LogP contribution in [0.3, 0.4) is 0 Å². The minimum atomic E-state index is -0.537. The summed E-state index contributed by atoms with van der Waals surface area (Å²) in [4.78, 5) is 35.8. The van der Waals surface area contributed by atoms with E-state index in [1.165, 1.54) is 11.6 Å². The van der Waals surface area contributed by atoms with Crippen LogP contribution in [-0.4, -0.2) is 73.7 Å². The van der Waals surface area contributed by atoms with Crippen LogP contribution in [0.4, 0.5) is 0 Å². The highest BCUT2D eigenvalue weighted by atomic mass is 16.5. The molecule has 1 fully saturated rings. The molecule has 0 spiro atoms. The first-order valence-corrected chi connectivity index (χ1v) is 9.79. The van der Waals surface area contributed by atoms with E-state index in [0.29, 0.717) is 6.61 Å². The van der Waals surface area contributed by atoms with Crippen molar-refractivity contribution in [2.75, 3.05) is 39.5 Å². The van der Waals surface area contributed by atoms with Gasteiger partial charge in [0.25, 0.3) is 5.56 Å². The summed E-state index contributed by atoms with van der Waals surface area (Å²) in [5, 5.41) is 8.04. The van der Waals surface area contributed by atoms with Crippen molar-refractivity contribution >= 4 is 11.2 Å². The maximum atomic E-state index is 12.6. The van der Waals surface area contributed by atoms with E-state index < -0.39 is 11.2 Å². The van der Waals surface area contributed by atoms with E-state index in [1.807, 2.05) is 6.07 Å². The summed E-state index contributed by atoms with van der Waals surface area (Å²) in [6.07, 6.45) is 4.09. The Kier molecular flexibility index (Phi) is 6.10. The van der Waals surface area contributed by atoms with E-state index >= 15 is 0 Å². The molecule has 1 saturated heterocycles. The van der Waals surface area contributed by atoms with Gasteiger partial charge in [0, 0.05) is 39.1 Å². The number of aromatic nitrogens is 6. The minimum Gasteiger partial charge on any atom is -0.462 e. The Bertz CT molecular complexity index is 1120. The summed E-state index contributed by atoms with van der Waals surface area (Å²) in [7, 11) is 1.41. The van der Waals surface area contributed by atoms with Gasteiger partial charge in [-0.15, -0.1) is 5.10 Å². The van der Waals surface area contributed by atoms with E-state index in [-0.39, 0.29) is 23.7 Å². The van der Waals surface area contributed by atoms with Crippen molar-refractivity contribution in [1.29, 1.82) is 0 Å². The quantitative estimate of drug-likeness (QED) is 0.469. The van der Waals surface area contributed by atoms with Gasteiger partial charge in [-0.25, -0.2) is 4.79 Å². The molecule has 0 aromatic carbocycles. The summed E-state index contributed by atoms with van der Waals surface area (Å²) < 4.78 is 13.3. The molecular formula is C19H23N7O4. The van der Waals surface area contributed by atoms with Crippen LogP contribution in [0.5, 0.6) is 6.01 Å². The topological polar surface area (TPSA) is 117 Å². The van der Waals surface area contributed by atoms with Crippen molar-refractivity contribution in [3.05, 3.63) is 50.9 Å². The van der Waals surface area contributed by atoms with Crippen molar-refractivity contribution in [1.82, 2.24) is 34.2 Å². The molecule has 11 nitrogen and oxygen atoms in total. The predicted octanol–water partition coefficient (Wildman–Crippen LogP) is -0.570. The molecular weight excluding hydrogens is 390 g/mol. The van der Waals surface area contributed by atoms with Crippen molar-refractivity contribution in [2.24, 2.45) is 7.05 Å². The van der Waals surface area contributed by atoms with Crippen molar-refractivity contribution < 1.29 is 9.47 Å². The summed E-state index contributed by atoms with van der Waals surface area (Å²) in [5.74, 6) is 0. The number of morpholine rings is 1. The van der Waals surface area contributed by atoms with E-state index in [2.05, 4.69) is 25.1 Å². The summed E-state index contributed by atoms with van der Waals surface area (Å²) >= 11 is 0. The van der Waals surface area contributed by atoms with E-state index in [9.17, 15) is 9.59 Å². The first-order chi connectivity index (χ1) is 14.6. The number of pyridine rings is 1. The molecule has 4 rings (SSSR count). The fraction of sp³-hybridized carbons (Fsp3) is 0.474. The lowest BCUT2D eigenvalue weighted by Gasteiger charge is -2.26. The van der Waals surface area contributed by atoms with Crippen LogP contribution >= 0.6 is 0 Å². The molecule has 0 amide bonds. The number of nitrogens with zero attached hydrogens (tertiary/aromatic N) is 7. The van der Waals surface area contributed by atoms with Crippen molar-refractivity contribution in [2.45, 2.75) is 13.0 Å². The zero-order valence-corrected chi connectivity index (χ0v) is 16.7. The number of fused-ring (bicyclic) bond motifs is 1. The molecule has 3 aromatic heterocycles. The Morgan fingerprint density at radius 2 is 2.03 bits per heavy atom. The van der Waals surface area contributed by atoms with Gasteiger partial charge in [-0.1, -0.05) is 11.2 Å². The lowest BCUT2D eigenvalue weighted by atomic mass is 10.3. The van der Waals surface area contributed by atoms with Crippen molar-refractivity contribution in [3.63, 3.8) is 0 Å². The predicted molar refractivity (Wildman–Crippen MR) is 108 cm³/mol. The Morgan fingerprint density at radius 1 is 1.20 bits per heavy atom. The zero-order chi connectivity index (χ0) is 20.9. The van der Waals surface area contributed by atoms with Gasteiger partial charge in [-0.3, -0.25) is 23.8 Å². The van der Waals surface area contributed by atoms with Gasteiger partial charge >= 0.3 is 11.7 Å². The summed E-state index contributed by atoms with van der Waals surface area (Å²) in [5.41, 5.74) is -0.0753. The van der Waals surface area contributed by atoms with Gasteiger partial charge < -0.3 is 9.47 Å². The van der Waals surface area contributed by atoms with Crippen LogP contribution < -0.4 is 16.0 Å². The summed E-state index contributed by atoms with van der Waals surface area (Å²) in [6.45, 7) is 4.83. The molecule has 0 bridgehead atoms. The molecule has 11 heteroatoms. The van der Waals surface area contributed by atoms with Crippen LogP contribution in [0, 0.1) is 0 Å². The zero-order valence-electron chi connectivity index (χ0n) is 16.7. The van der Waals surface area contributed by atoms with Gasteiger partial charge in [0.05, 0.1) is 26.4 Å². The second-order valence-corrected chi connectivity index (χ2v) is 7.02. The second kappa shape index (κ2) is 9.09. The molecule has 3 aromatic rings. The minimum absolute atomic E-state index is 0.0214. The van der Waals surface area contributed by atoms with Crippen LogP contribution in [0.1, 0.15) is 12.0 Å². The van der Waals surface area contributed by atoms with Gasteiger partial charge in [-0.05, 0) is 18.1 Å². The fourth-order valence-corrected chi connectivity index (χ4v) is 3.30. The highest BCUT2D eigenvalue weighted by molar-refractivity contribution is 5.68. The lowest BCUT2D eigenvalue weighted by molar-refractivity contribution is 0.0356. The average molecular weight is 413 g/mol. The first-order valence-electron chi connectivity index (χ1n) is 9.79. The van der Waals surface area contributed by atoms with Gasteiger partial charge in [-0.2, -0.15) is 4.98 Å². The Hall–Kier alpha value is -3.18.